The number of hydrogen-bond donors (Lipinski definition) is 1. The molecule has 0 aromatic rings. The Morgan fingerprint density at radius 2 is 1.80 bits per heavy atom. The van der Waals surface area contributed by atoms with Crippen LogP contribution in [0.15, 0.2) is 0 Å². The Hall–Kier alpha value is -0.660. The highest BCUT2D eigenvalue weighted by molar-refractivity contribution is 7.89. The summed E-state index contributed by atoms with van der Waals surface area (Å²) < 4.78 is 30.7. The summed E-state index contributed by atoms with van der Waals surface area (Å²) in [5.74, 6) is 0.0718. The first kappa shape index (κ1) is 15.7. The van der Waals surface area contributed by atoms with E-state index >= 15 is 0 Å². The molecule has 6 nitrogen and oxygen atoms in total. The van der Waals surface area contributed by atoms with Gasteiger partial charge in [-0.1, -0.05) is 19.3 Å². The van der Waals surface area contributed by atoms with Gasteiger partial charge in [-0.05, 0) is 12.8 Å². The van der Waals surface area contributed by atoms with Crippen molar-refractivity contribution in [3.05, 3.63) is 0 Å². The molecule has 7 heteroatoms. The zero-order chi connectivity index (χ0) is 14.4. The molecule has 0 unspecified atom stereocenters. The molecule has 0 aromatic heterocycles. The monoisotopic (exact) mass is 304 g/mol. The minimum atomic E-state index is -3.27. The normalized spacial score (nSPS) is 22.6. The minimum absolute atomic E-state index is 0.0156. The van der Waals surface area contributed by atoms with Crippen molar-refractivity contribution in [3.8, 4) is 0 Å². The van der Waals surface area contributed by atoms with Crippen LogP contribution < -0.4 is 5.32 Å². The molecule has 1 heterocycles. The van der Waals surface area contributed by atoms with Gasteiger partial charge in [0.1, 0.15) is 0 Å². The van der Waals surface area contributed by atoms with Gasteiger partial charge in [0, 0.05) is 25.6 Å². The van der Waals surface area contributed by atoms with Gasteiger partial charge in [0.25, 0.3) is 0 Å². The molecule has 0 bridgehead atoms. The summed E-state index contributed by atoms with van der Waals surface area (Å²) in [5.41, 5.74) is 0. The molecule has 0 aromatic carbocycles. The average molecular weight is 304 g/mol. The van der Waals surface area contributed by atoms with E-state index in [1.54, 1.807) is 0 Å². The molecule has 0 atom stereocenters. The standard InChI is InChI=1S/C13H24N2O4S/c16-13(12-4-2-1-3-5-12)14-6-11-20(17,18)15-7-9-19-10-8-15/h12H,1-11H2,(H,14,16). The van der Waals surface area contributed by atoms with E-state index in [-0.39, 0.29) is 24.1 Å². The fourth-order valence-electron chi connectivity index (χ4n) is 2.77. The second-order valence-electron chi connectivity index (χ2n) is 5.45. The zero-order valence-electron chi connectivity index (χ0n) is 11.8. The van der Waals surface area contributed by atoms with Crippen molar-refractivity contribution in [2.75, 3.05) is 38.6 Å². The molecular formula is C13H24N2O4S. The third-order valence-corrected chi connectivity index (χ3v) is 5.87. The SMILES string of the molecule is O=C(NCCS(=O)(=O)N1CCOCC1)C1CCCCC1. The average Bonchev–Trinajstić information content (AvgIpc) is 2.49. The Bertz CT molecular complexity index is 412. The van der Waals surface area contributed by atoms with Crippen LogP contribution in [0.4, 0.5) is 0 Å². The Kier molecular flexibility index (Phi) is 5.80. The second kappa shape index (κ2) is 7.38. The molecule has 20 heavy (non-hydrogen) atoms. The molecule has 2 rings (SSSR count). The molecule has 0 radical (unpaired) electrons. The Morgan fingerprint density at radius 1 is 1.15 bits per heavy atom. The maximum absolute atomic E-state index is 12.1. The summed E-state index contributed by atoms with van der Waals surface area (Å²) in [6, 6.07) is 0. The molecule has 1 saturated carbocycles. The molecule has 116 valence electrons. The van der Waals surface area contributed by atoms with Crippen molar-refractivity contribution < 1.29 is 17.9 Å². The number of rotatable bonds is 5. The number of sulfonamides is 1. The van der Waals surface area contributed by atoms with Crippen LogP contribution in [0.25, 0.3) is 0 Å². The quantitative estimate of drug-likeness (QED) is 0.795. The molecule has 1 aliphatic heterocycles. The van der Waals surface area contributed by atoms with Crippen molar-refractivity contribution in [2.24, 2.45) is 5.92 Å². The van der Waals surface area contributed by atoms with Crippen LogP contribution in [0, 0.1) is 5.92 Å². The van der Waals surface area contributed by atoms with E-state index in [1.165, 1.54) is 10.7 Å². The third-order valence-electron chi connectivity index (χ3n) is 4.00. The maximum atomic E-state index is 12.1. The maximum Gasteiger partial charge on any atom is 0.223 e. The lowest BCUT2D eigenvalue weighted by Gasteiger charge is -2.26. The highest BCUT2D eigenvalue weighted by atomic mass is 32.2. The van der Waals surface area contributed by atoms with Gasteiger partial charge in [-0.2, -0.15) is 4.31 Å². The van der Waals surface area contributed by atoms with Gasteiger partial charge in [-0.3, -0.25) is 4.79 Å². The first-order chi connectivity index (χ1) is 9.59. The molecule has 1 amide bonds. The van der Waals surface area contributed by atoms with E-state index in [9.17, 15) is 13.2 Å². The van der Waals surface area contributed by atoms with Crippen LogP contribution in [0.2, 0.25) is 0 Å². The molecule has 2 fully saturated rings. The van der Waals surface area contributed by atoms with Gasteiger partial charge < -0.3 is 10.1 Å². The van der Waals surface area contributed by atoms with Gasteiger partial charge >= 0.3 is 0 Å². The van der Waals surface area contributed by atoms with Crippen molar-refractivity contribution in [3.63, 3.8) is 0 Å². The van der Waals surface area contributed by atoms with Crippen LogP contribution in [0.3, 0.4) is 0 Å². The van der Waals surface area contributed by atoms with Crippen LogP contribution in [0.5, 0.6) is 0 Å². The predicted molar refractivity (Wildman–Crippen MR) is 75.8 cm³/mol. The summed E-state index contributed by atoms with van der Waals surface area (Å²) in [6.45, 7) is 1.94. The third kappa shape index (κ3) is 4.43. The molecule has 2 aliphatic rings. The summed E-state index contributed by atoms with van der Waals surface area (Å²) in [7, 11) is -3.27. The lowest BCUT2D eigenvalue weighted by atomic mass is 9.89. The van der Waals surface area contributed by atoms with Crippen molar-refractivity contribution >= 4 is 15.9 Å². The zero-order valence-corrected chi connectivity index (χ0v) is 12.7. The van der Waals surface area contributed by atoms with Gasteiger partial charge in [0.15, 0.2) is 0 Å². The lowest BCUT2D eigenvalue weighted by Crippen LogP contribution is -2.44. The van der Waals surface area contributed by atoms with E-state index in [0.29, 0.717) is 26.3 Å². The predicted octanol–water partition coefficient (Wildman–Crippen LogP) is 0.345. The van der Waals surface area contributed by atoms with Gasteiger partial charge in [0.05, 0.1) is 19.0 Å². The first-order valence-corrected chi connectivity index (χ1v) is 9.04. The minimum Gasteiger partial charge on any atom is -0.379 e. The summed E-state index contributed by atoms with van der Waals surface area (Å²) in [6.07, 6.45) is 5.27. The Labute approximate surface area is 120 Å². The summed E-state index contributed by atoms with van der Waals surface area (Å²) in [4.78, 5) is 11.9. The number of nitrogens with one attached hydrogen (secondary N) is 1. The highest BCUT2D eigenvalue weighted by Crippen LogP contribution is 2.23. The van der Waals surface area contributed by atoms with Gasteiger partial charge in [-0.25, -0.2) is 8.42 Å². The molecule has 1 saturated heterocycles. The Balaban J connectivity index is 1.72. The number of carbonyl (C=O) groups excluding carboxylic acids is 1. The van der Waals surface area contributed by atoms with Crippen molar-refractivity contribution in [2.45, 2.75) is 32.1 Å². The smallest absolute Gasteiger partial charge is 0.223 e. The largest absolute Gasteiger partial charge is 0.379 e. The first-order valence-electron chi connectivity index (χ1n) is 7.43. The number of nitrogens with zero attached hydrogens (tertiary/aromatic N) is 1. The Morgan fingerprint density at radius 3 is 2.45 bits per heavy atom. The van der Waals surface area contributed by atoms with Crippen molar-refractivity contribution in [1.82, 2.24) is 9.62 Å². The van der Waals surface area contributed by atoms with Gasteiger partial charge in [-0.15, -0.1) is 0 Å². The number of hydrogen-bond acceptors (Lipinski definition) is 4. The number of amides is 1. The van der Waals surface area contributed by atoms with Crippen LogP contribution in [-0.4, -0.2) is 57.2 Å². The van der Waals surface area contributed by atoms with Crippen molar-refractivity contribution in [1.29, 1.82) is 0 Å². The second-order valence-corrected chi connectivity index (χ2v) is 7.54. The van der Waals surface area contributed by atoms with E-state index in [1.807, 2.05) is 0 Å². The fraction of sp³-hybridized carbons (Fsp3) is 0.923. The summed E-state index contributed by atoms with van der Waals surface area (Å²) in [5, 5.41) is 2.77. The van der Waals surface area contributed by atoms with Crippen LogP contribution in [-0.2, 0) is 19.6 Å². The van der Waals surface area contributed by atoms with E-state index in [2.05, 4.69) is 5.32 Å². The van der Waals surface area contributed by atoms with Crippen LogP contribution >= 0.6 is 0 Å². The lowest BCUT2D eigenvalue weighted by molar-refractivity contribution is -0.125. The molecule has 0 spiro atoms. The topological polar surface area (TPSA) is 75.7 Å². The van der Waals surface area contributed by atoms with E-state index < -0.39 is 10.0 Å². The summed E-state index contributed by atoms with van der Waals surface area (Å²) >= 11 is 0. The molecule has 1 aliphatic carbocycles. The molecular weight excluding hydrogens is 280 g/mol. The number of ether oxygens (including phenoxy) is 1. The number of morpholine rings is 1. The van der Waals surface area contributed by atoms with E-state index in [4.69, 9.17) is 4.74 Å². The van der Waals surface area contributed by atoms with Crippen LogP contribution in [0.1, 0.15) is 32.1 Å². The van der Waals surface area contributed by atoms with E-state index in [0.717, 1.165) is 25.7 Å². The fourth-order valence-corrected chi connectivity index (χ4v) is 4.09. The molecule has 1 N–H and O–H groups in total. The number of carbonyl (C=O) groups is 1. The van der Waals surface area contributed by atoms with Gasteiger partial charge in [0.2, 0.25) is 15.9 Å². The highest BCUT2D eigenvalue weighted by Gasteiger charge is 2.25.